The smallest absolute Gasteiger partial charge is 0.254 e. The molecule has 0 aliphatic rings. The first-order chi connectivity index (χ1) is 12.7. The number of hydrogen-bond acceptors (Lipinski definition) is 4. The van der Waals surface area contributed by atoms with Crippen LogP contribution in [0.4, 0.5) is 0 Å². The van der Waals surface area contributed by atoms with E-state index in [4.69, 9.17) is 15.2 Å². The third kappa shape index (κ3) is 6.62. The molecule has 0 fully saturated rings. The molecule has 0 heterocycles. The lowest BCUT2D eigenvalue weighted by atomic mass is 10.1. The topological polar surface area (TPSA) is 64.8 Å². The van der Waals surface area contributed by atoms with Gasteiger partial charge in [0.15, 0.2) is 11.5 Å². The maximum Gasteiger partial charge on any atom is 0.254 e. The summed E-state index contributed by atoms with van der Waals surface area (Å²) in [7, 11) is 1.56. The van der Waals surface area contributed by atoms with Crippen molar-refractivity contribution in [2.45, 2.75) is 13.0 Å². The Morgan fingerprint density at radius 1 is 1.19 bits per heavy atom. The van der Waals surface area contributed by atoms with Crippen molar-refractivity contribution in [2.24, 2.45) is 5.73 Å². The first-order valence-electron chi connectivity index (χ1n) is 8.64. The van der Waals surface area contributed by atoms with E-state index in [-0.39, 0.29) is 18.3 Å². The van der Waals surface area contributed by atoms with Gasteiger partial charge in [-0.2, -0.15) is 0 Å². The molecule has 0 aliphatic heterocycles. The number of hydrogen-bond donors (Lipinski definition) is 1. The number of nitrogens with zero attached hydrogens (tertiary/aromatic N) is 1. The Balaban J connectivity index is 0.00000364. The Morgan fingerprint density at radius 3 is 2.56 bits per heavy atom. The second-order valence-corrected chi connectivity index (χ2v) is 5.82. The zero-order valence-electron chi connectivity index (χ0n) is 15.6. The minimum absolute atomic E-state index is 0. The van der Waals surface area contributed by atoms with E-state index in [1.54, 1.807) is 36.3 Å². The third-order valence-corrected chi connectivity index (χ3v) is 3.90. The monoisotopic (exact) mass is 390 g/mol. The number of amides is 1. The van der Waals surface area contributed by atoms with Crippen molar-refractivity contribution in [3.63, 3.8) is 0 Å². The molecule has 0 radical (unpaired) electrons. The van der Waals surface area contributed by atoms with Crippen molar-refractivity contribution in [1.29, 1.82) is 0 Å². The highest BCUT2D eigenvalue weighted by molar-refractivity contribution is 5.95. The van der Waals surface area contributed by atoms with Crippen molar-refractivity contribution >= 4 is 18.3 Å². The van der Waals surface area contributed by atoms with Gasteiger partial charge in [-0.25, -0.2) is 0 Å². The van der Waals surface area contributed by atoms with Crippen LogP contribution in [-0.2, 0) is 6.54 Å². The van der Waals surface area contributed by atoms with E-state index in [1.807, 2.05) is 30.3 Å². The van der Waals surface area contributed by atoms with E-state index < -0.39 is 0 Å². The van der Waals surface area contributed by atoms with Gasteiger partial charge in [0, 0.05) is 18.7 Å². The van der Waals surface area contributed by atoms with Crippen molar-refractivity contribution in [1.82, 2.24) is 4.90 Å². The van der Waals surface area contributed by atoms with Crippen molar-refractivity contribution < 1.29 is 14.3 Å². The average Bonchev–Trinajstić information content (AvgIpc) is 2.69. The maximum atomic E-state index is 13.0. The van der Waals surface area contributed by atoms with Crippen LogP contribution in [0.25, 0.3) is 0 Å². The summed E-state index contributed by atoms with van der Waals surface area (Å²) in [4.78, 5) is 14.8. The first-order valence-corrected chi connectivity index (χ1v) is 8.64. The van der Waals surface area contributed by atoms with Gasteiger partial charge in [0.25, 0.3) is 5.91 Å². The molecule has 146 valence electrons. The van der Waals surface area contributed by atoms with Crippen LogP contribution >= 0.6 is 12.4 Å². The molecule has 0 bridgehead atoms. The predicted octanol–water partition coefficient (Wildman–Crippen LogP) is 3.67. The van der Waals surface area contributed by atoms with Crippen molar-refractivity contribution in [3.05, 3.63) is 72.3 Å². The first kappa shape index (κ1) is 22.5. The van der Waals surface area contributed by atoms with Crippen LogP contribution < -0.4 is 15.2 Å². The number of ether oxygens (including phenoxy) is 2. The molecule has 0 atom stereocenters. The van der Waals surface area contributed by atoms with Gasteiger partial charge < -0.3 is 20.1 Å². The normalized spacial score (nSPS) is 9.85. The molecule has 2 aromatic rings. The Hall–Kier alpha value is -2.50. The third-order valence-electron chi connectivity index (χ3n) is 3.90. The zero-order valence-corrected chi connectivity index (χ0v) is 16.4. The number of nitrogens with two attached hydrogens (primary N) is 1. The standard InChI is InChI=1S/C21H26N2O3.ClH/c1-3-14-26-19-11-10-18(15-20(19)25-2)21(24)23(13-7-12-22)16-17-8-5-4-6-9-17;/h3-6,8-11,15H,1,7,12-14,16,22H2,2H3;1H. The fourth-order valence-corrected chi connectivity index (χ4v) is 2.59. The molecule has 27 heavy (non-hydrogen) atoms. The van der Waals surface area contributed by atoms with Gasteiger partial charge in [-0.05, 0) is 36.7 Å². The minimum atomic E-state index is -0.0594. The number of carbonyl (C=O) groups excluding carboxylic acids is 1. The molecule has 1 amide bonds. The number of halogens is 1. The second-order valence-electron chi connectivity index (χ2n) is 5.82. The second kappa shape index (κ2) is 12.0. The molecule has 0 saturated heterocycles. The highest BCUT2D eigenvalue weighted by atomic mass is 35.5. The SMILES string of the molecule is C=CCOc1ccc(C(=O)N(CCCN)Cc2ccccc2)cc1OC.Cl. The number of carbonyl (C=O) groups is 1. The maximum absolute atomic E-state index is 13.0. The molecule has 5 nitrogen and oxygen atoms in total. The van der Waals surface area contributed by atoms with Gasteiger partial charge in [-0.1, -0.05) is 43.0 Å². The molecule has 2 aromatic carbocycles. The van der Waals surface area contributed by atoms with Gasteiger partial charge >= 0.3 is 0 Å². The molecular formula is C21H27ClN2O3. The quantitative estimate of drug-likeness (QED) is 0.628. The van der Waals surface area contributed by atoms with Gasteiger partial charge in [0.1, 0.15) is 6.61 Å². The molecule has 0 unspecified atom stereocenters. The number of methoxy groups -OCH3 is 1. The van der Waals surface area contributed by atoms with Crippen LogP contribution in [0.3, 0.4) is 0 Å². The predicted molar refractivity (Wildman–Crippen MR) is 111 cm³/mol. The number of rotatable bonds is 10. The van der Waals surface area contributed by atoms with Crippen LogP contribution in [0.2, 0.25) is 0 Å². The summed E-state index contributed by atoms with van der Waals surface area (Å²) in [6.45, 7) is 5.68. The molecule has 6 heteroatoms. The van der Waals surface area contributed by atoms with Gasteiger partial charge in [0.2, 0.25) is 0 Å². The Labute approximate surface area is 167 Å². The molecule has 2 N–H and O–H groups in total. The van der Waals surface area contributed by atoms with E-state index in [2.05, 4.69) is 6.58 Å². The van der Waals surface area contributed by atoms with E-state index in [9.17, 15) is 4.79 Å². The average molecular weight is 391 g/mol. The van der Waals surface area contributed by atoms with Crippen LogP contribution in [0, 0.1) is 0 Å². The highest BCUT2D eigenvalue weighted by Gasteiger charge is 2.18. The minimum Gasteiger partial charge on any atom is -0.493 e. The fraction of sp³-hybridized carbons (Fsp3) is 0.286. The van der Waals surface area contributed by atoms with Crippen molar-refractivity contribution in [3.8, 4) is 11.5 Å². The van der Waals surface area contributed by atoms with Crippen LogP contribution in [0.15, 0.2) is 61.2 Å². The highest BCUT2D eigenvalue weighted by Crippen LogP contribution is 2.28. The molecule has 0 aliphatic carbocycles. The lowest BCUT2D eigenvalue weighted by Crippen LogP contribution is -2.32. The van der Waals surface area contributed by atoms with Crippen molar-refractivity contribution in [2.75, 3.05) is 26.8 Å². The summed E-state index contributed by atoms with van der Waals surface area (Å²) >= 11 is 0. The van der Waals surface area contributed by atoms with Gasteiger partial charge in [-0.3, -0.25) is 4.79 Å². The summed E-state index contributed by atoms with van der Waals surface area (Å²) in [5, 5.41) is 0. The van der Waals surface area contributed by atoms with E-state index >= 15 is 0 Å². The fourth-order valence-electron chi connectivity index (χ4n) is 2.59. The zero-order chi connectivity index (χ0) is 18.8. The van der Waals surface area contributed by atoms with Gasteiger partial charge in [-0.15, -0.1) is 12.4 Å². The van der Waals surface area contributed by atoms with E-state index in [0.29, 0.717) is 43.3 Å². The van der Waals surface area contributed by atoms with Gasteiger partial charge in [0.05, 0.1) is 7.11 Å². The van der Waals surface area contributed by atoms with Crippen LogP contribution in [-0.4, -0.2) is 37.6 Å². The lowest BCUT2D eigenvalue weighted by Gasteiger charge is -2.23. The summed E-state index contributed by atoms with van der Waals surface area (Å²) < 4.78 is 10.9. The summed E-state index contributed by atoms with van der Waals surface area (Å²) in [5.74, 6) is 1.05. The molecule has 2 rings (SSSR count). The van der Waals surface area contributed by atoms with Crippen LogP contribution in [0.5, 0.6) is 11.5 Å². The lowest BCUT2D eigenvalue weighted by molar-refractivity contribution is 0.0742. The molecular weight excluding hydrogens is 364 g/mol. The summed E-state index contributed by atoms with van der Waals surface area (Å²) in [6.07, 6.45) is 2.41. The number of benzene rings is 2. The largest absolute Gasteiger partial charge is 0.493 e. The summed E-state index contributed by atoms with van der Waals surface area (Å²) in [5.41, 5.74) is 7.27. The Morgan fingerprint density at radius 2 is 1.93 bits per heavy atom. The van der Waals surface area contributed by atoms with E-state index in [0.717, 1.165) is 12.0 Å². The summed E-state index contributed by atoms with van der Waals surface area (Å²) in [6, 6.07) is 15.1. The van der Waals surface area contributed by atoms with Crippen LogP contribution in [0.1, 0.15) is 22.3 Å². The molecule has 0 spiro atoms. The Bertz CT molecular complexity index is 723. The Kier molecular flexibility index (Phi) is 10.0. The molecule has 0 aromatic heterocycles. The molecule has 0 saturated carbocycles. The van der Waals surface area contributed by atoms with E-state index in [1.165, 1.54) is 0 Å².